The molecule has 84 valence electrons. The molecule has 3 nitrogen and oxygen atoms in total. The Labute approximate surface area is 99.9 Å². The monoisotopic (exact) mass is 272 g/mol. The van der Waals surface area contributed by atoms with Gasteiger partial charge in [0.1, 0.15) is 0 Å². The van der Waals surface area contributed by atoms with Crippen LogP contribution in [0.1, 0.15) is 39.5 Å². The second-order valence-corrected chi connectivity index (χ2v) is 4.18. The van der Waals surface area contributed by atoms with Crippen molar-refractivity contribution in [3.8, 4) is 0 Å². The Balaban J connectivity index is 4.35. The Morgan fingerprint density at radius 3 is 2.53 bits per heavy atom. The van der Waals surface area contributed by atoms with Gasteiger partial charge < -0.3 is 5.32 Å². The molecule has 0 rings (SSSR count). The normalized spacial score (nSPS) is 11.6. The van der Waals surface area contributed by atoms with E-state index in [9.17, 15) is 4.79 Å². The maximum atomic E-state index is 11.6. The molecule has 4 heteroatoms. The number of amides is 1. The predicted molar refractivity (Wildman–Crippen MR) is 65.4 cm³/mol. The maximum Gasteiger partial charge on any atom is 0.259 e. The van der Waals surface area contributed by atoms with Crippen molar-refractivity contribution in [3.63, 3.8) is 0 Å². The number of rotatable bonds is 6. The van der Waals surface area contributed by atoms with Crippen LogP contribution in [0.2, 0.25) is 0 Å². The van der Waals surface area contributed by atoms with E-state index in [2.05, 4.69) is 33.0 Å². The summed E-state index contributed by atoms with van der Waals surface area (Å²) in [6, 6.07) is 0. The van der Waals surface area contributed by atoms with Crippen LogP contribution in [0.3, 0.4) is 0 Å². The summed E-state index contributed by atoms with van der Waals surface area (Å²) < 4.78 is 0.703. The number of nitrogens with one attached hydrogen (secondary N) is 1. The van der Waals surface area contributed by atoms with Crippen molar-refractivity contribution in [2.75, 3.05) is 6.54 Å². The van der Waals surface area contributed by atoms with Crippen LogP contribution in [0.5, 0.6) is 0 Å². The molecular weight excluding hydrogens is 256 g/mol. The van der Waals surface area contributed by atoms with Crippen LogP contribution in [0, 0.1) is 6.57 Å². The molecule has 0 aliphatic heterocycles. The molecule has 0 bridgehead atoms. The third kappa shape index (κ3) is 5.58. The molecule has 0 spiro atoms. The number of hydrogen-bond acceptors (Lipinski definition) is 1. The standard InChI is InChI=1S/C11H17BrN2O/c1-4-6-8-14-11(15)10(13-3)9(12)7-5-2/h4-8H2,1-2H3,(H,14,15)/b10-9+. The second kappa shape index (κ2) is 8.49. The second-order valence-electron chi connectivity index (χ2n) is 3.22. The van der Waals surface area contributed by atoms with E-state index < -0.39 is 0 Å². The fraction of sp³-hybridized carbons (Fsp3) is 0.636. The van der Waals surface area contributed by atoms with Gasteiger partial charge in [-0.2, -0.15) is 0 Å². The fourth-order valence-electron chi connectivity index (χ4n) is 1.03. The molecule has 0 unspecified atom stereocenters. The summed E-state index contributed by atoms with van der Waals surface area (Å²) in [6.07, 6.45) is 3.64. The first-order valence-electron chi connectivity index (χ1n) is 5.21. The Kier molecular flexibility index (Phi) is 8.02. The summed E-state index contributed by atoms with van der Waals surface area (Å²) in [6.45, 7) is 11.7. The topological polar surface area (TPSA) is 33.5 Å². The van der Waals surface area contributed by atoms with E-state index in [1.807, 2.05) is 6.92 Å². The molecule has 0 radical (unpaired) electrons. The summed E-state index contributed by atoms with van der Waals surface area (Å²) in [7, 11) is 0. The number of halogens is 1. The first kappa shape index (κ1) is 14.2. The largest absolute Gasteiger partial charge is 0.361 e. The minimum absolute atomic E-state index is 0.188. The Morgan fingerprint density at radius 2 is 2.07 bits per heavy atom. The van der Waals surface area contributed by atoms with Gasteiger partial charge in [0.05, 0.1) is 6.57 Å². The lowest BCUT2D eigenvalue weighted by molar-refractivity contribution is -0.117. The third-order valence-corrected chi connectivity index (χ3v) is 2.64. The minimum Gasteiger partial charge on any atom is -0.361 e. The lowest BCUT2D eigenvalue weighted by Crippen LogP contribution is -2.25. The molecule has 0 heterocycles. The van der Waals surface area contributed by atoms with E-state index in [-0.39, 0.29) is 11.6 Å². The van der Waals surface area contributed by atoms with Crippen molar-refractivity contribution in [2.45, 2.75) is 39.5 Å². The Morgan fingerprint density at radius 1 is 1.40 bits per heavy atom. The van der Waals surface area contributed by atoms with Crippen molar-refractivity contribution in [2.24, 2.45) is 0 Å². The molecule has 1 N–H and O–H groups in total. The van der Waals surface area contributed by atoms with E-state index >= 15 is 0 Å². The highest BCUT2D eigenvalue weighted by Crippen LogP contribution is 2.19. The van der Waals surface area contributed by atoms with Gasteiger partial charge in [0.2, 0.25) is 0 Å². The average molecular weight is 273 g/mol. The first-order valence-corrected chi connectivity index (χ1v) is 6.00. The summed E-state index contributed by atoms with van der Waals surface area (Å²) in [4.78, 5) is 14.8. The smallest absolute Gasteiger partial charge is 0.259 e. The number of nitrogens with zero attached hydrogens (tertiary/aromatic N) is 1. The molecule has 15 heavy (non-hydrogen) atoms. The van der Waals surface area contributed by atoms with E-state index in [1.54, 1.807) is 0 Å². The van der Waals surface area contributed by atoms with Gasteiger partial charge in [-0.25, -0.2) is 4.85 Å². The molecule has 0 fully saturated rings. The van der Waals surface area contributed by atoms with E-state index in [0.29, 0.717) is 11.0 Å². The molecule has 0 aromatic rings. The van der Waals surface area contributed by atoms with Crippen molar-refractivity contribution in [3.05, 3.63) is 21.6 Å². The molecule has 0 aromatic heterocycles. The molecular formula is C11H17BrN2O. The summed E-state index contributed by atoms with van der Waals surface area (Å²) in [5.74, 6) is -0.265. The zero-order valence-corrected chi connectivity index (χ0v) is 10.9. The van der Waals surface area contributed by atoms with Gasteiger partial charge in [0.25, 0.3) is 11.6 Å². The van der Waals surface area contributed by atoms with Gasteiger partial charge in [-0.15, -0.1) is 0 Å². The number of hydrogen-bond donors (Lipinski definition) is 1. The zero-order valence-electron chi connectivity index (χ0n) is 9.27. The van der Waals surface area contributed by atoms with Gasteiger partial charge >= 0.3 is 0 Å². The van der Waals surface area contributed by atoms with Crippen LogP contribution >= 0.6 is 15.9 Å². The molecule has 1 amide bonds. The van der Waals surface area contributed by atoms with E-state index in [0.717, 1.165) is 25.7 Å². The van der Waals surface area contributed by atoms with Gasteiger partial charge in [0, 0.05) is 11.0 Å². The number of carbonyl (C=O) groups is 1. The average Bonchev–Trinajstić information content (AvgIpc) is 2.19. The lowest BCUT2D eigenvalue weighted by atomic mass is 10.2. The van der Waals surface area contributed by atoms with Crippen molar-refractivity contribution in [1.82, 2.24) is 5.32 Å². The van der Waals surface area contributed by atoms with Crippen LogP contribution in [-0.4, -0.2) is 12.5 Å². The zero-order chi connectivity index (χ0) is 11.7. The minimum atomic E-state index is -0.265. The third-order valence-electron chi connectivity index (χ3n) is 1.87. The van der Waals surface area contributed by atoms with E-state index in [1.165, 1.54) is 0 Å². The Bertz CT molecular complexity index is 279. The highest BCUT2D eigenvalue weighted by molar-refractivity contribution is 9.11. The highest BCUT2D eigenvalue weighted by atomic mass is 79.9. The fourth-order valence-corrected chi connectivity index (χ4v) is 1.70. The summed E-state index contributed by atoms with van der Waals surface area (Å²) in [5.41, 5.74) is 0.188. The van der Waals surface area contributed by atoms with Crippen LogP contribution in [-0.2, 0) is 4.79 Å². The first-order chi connectivity index (χ1) is 7.17. The predicted octanol–water partition coefficient (Wildman–Crippen LogP) is 3.23. The van der Waals surface area contributed by atoms with Crippen molar-refractivity contribution < 1.29 is 4.79 Å². The molecule has 0 aliphatic rings. The molecule has 0 atom stereocenters. The molecule has 0 saturated carbocycles. The Hall–Kier alpha value is -0.820. The number of unbranched alkanes of at least 4 members (excludes halogenated alkanes) is 1. The number of allylic oxidation sites excluding steroid dienone is 1. The van der Waals surface area contributed by atoms with Crippen molar-refractivity contribution >= 4 is 21.8 Å². The van der Waals surface area contributed by atoms with Crippen LogP contribution in [0.25, 0.3) is 4.85 Å². The van der Waals surface area contributed by atoms with Gasteiger partial charge in [0.15, 0.2) is 0 Å². The van der Waals surface area contributed by atoms with Crippen LogP contribution < -0.4 is 5.32 Å². The lowest BCUT2D eigenvalue weighted by Gasteiger charge is -2.04. The van der Waals surface area contributed by atoms with E-state index in [4.69, 9.17) is 6.57 Å². The quantitative estimate of drug-likeness (QED) is 0.450. The van der Waals surface area contributed by atoms with Gasteiger partial charge in [-0.3, -0.25) is 4.79 Å². The van der Waals surface area contributed by atoms with Gasteiger partial charge in [-0.1, -0.05) is 42.6 Å². The maximum absolute atomic E-state index is 11.6. The van der Waals surface area contributed by atoms with Crippen LogP contribution in [0.15, 0.2) is 10.2 Å². The molecule has 0 aromatic carbocycles. The number of carbonyl (C=O) groups excluding carboxylic acids is 1. The summed E-state index contributed by atoms with van der Waals surface area (Å²) in [5, 5.41) is 2.73. The molecule has 0 saturated heterocycles. The van der Waals surface area contributed by atoms with Gasteiger partial charge in [-0.05, 0) is 12.8 Å². The summed E-state index contributed by atoms with van der Waals surface area (Å²) >= 11 is 3.28. The van der Waals surface area contributed by atoms with Crippen molar-refractivity contribution in [1.29, 1.82) is 0 Å². The SMILES string of the molecule is [C-]#[N+]/C(C(=O)NCCCC)=C(/Br)CCC. The molecule has 0 aliphatic carbocycles. The van der Waals surface area contributed by atoms with Crippen LogP contribution in [0.4, 0.5) is 0 Å². The highest BCUT2D eigenvalue weighted by Gasteiger charge is 2.12.